The van der Waals surface area contributed by atoms with Crippen molar-refractivity contribution in [3.63, 3.8) is 0 Å². The summed E-state index contributed by atoms with van der Waals surface area (Å²) in [6.07, 6.45) is 0. The Hall–Kier alpha value is -4.48. The molecule has 0 unspecified atom stereocenters. The number of ketones is 1. The third kappa shape index (κ3) is 6.00. The Morgan fingerprint density at radius 2 is 1.28 bits per heavy atom. The third-order valence-corrected chi connectivity index (χ3v) is 7.17. The molecule has 1 aromatic heterocycles. The van der Waals surface area contributed by atoms with Crippen molar-refractivity contribution < 1.29 is 14.3 Å². The monoisotopic (exact) mass is 517 g/mol. The molecule has 39 heavy (non-hydrogen) atoms. The molecule has 0 bridgehead atoms. The van der Waals surface area contributed by atoms with Gasteiger partial charge in [-0.15, -0.1) is 0 Å². The number of benzene rings is 4. The minimum atomic E-state index is -0.696. The highest BCUT2D eigenvalue weighted by Crippen LogP contribution is 2.39. The van der Waals surface area contributed by atoms with E-state index in [1.54, 1.807) is 31.2 Å². The largest absolute Gasteiger partial charge is 0.507 e. The zero-order valence-corrected chi connectivity index (χ0v) is 21.9. The van der Waals surface area contributed by atoms with Gasteiger partial charge in [-0.25, -0.2) is 4.79 Å². The Kier molecular flexibility index (Phi) is 7.99. The van der Waals surface area contributed by atoms with Crippen LogP contribution in [-0.2, 0) is 17.9 Å². The number of fused-ring (bicyclic) bond motifs is 1. The Bertz CT molecular complexity index is 1560. The van der Waals surface area contributed by atoms with E-state index in [2.05, 4.69) is 29.2 Å². The van der Waals surface area contributed by atoms with Gasteiger partial charge in [0.15, 0.2) is 0 Å². The van der Waals surface area contributed by atoms with Crippen molar-refractivity contribution in [1.82, 2.24) is 4.90 Å². The molecule has 0 radical (unpaired) electrons. The van der Waals surface area contributed by atoms with Crippen LogP contribution in [0.1, 0.15) is 35.1 Å². The van der Waals surface area contributed by atoms with Gasteiger partial charge in [0.1, 0.15) is 17.1 Å². The predicted molar refractivity (Wildman–Crippen MR) is 154 cm³/mol. The summed E-state index contributed by atoms with van der Waals surface area (Å²) in [6.45, 7) is 3.19. The maximum absolute atomic E-state index is 13.4. The van der Waals surface area contributed by atoms with Gasteiger partial charge in [0.25, 0.3) is 0 Å². The first kappa shape index (κ1) is 26.1. The highest BCUT2D eigenvalue weighted by Gasteiger charge is 2.35. The van der Waals surface area contributed by atoms with Crippen molar-refractivity contribution in [3.8, 4) is 5.75 Å². The predicted octanol–water partition coefficient (Wildman–Crippen LogP) is 6.54. The van der Waals surface area contributed by atoms with Crippen molar-refractivity contribution in [3.05, 3.63) is 148 Å². The fourth-order valence-electron chi connectivity index (χ4n) is 5.30. The Morgan fingerprint density at radius 3 is 1.85 bits per heavy atom. The van der Waals surface area contributed by atoms with Gasteiger partial charge in [-0.3, -0.25) is 9.69 Å². The number of para-hydroxylation sites is 1. The van der Waals surface area contributed by atoms with Crippen molar-refractivity contribution in [2.45, 2.75) is 25.9 Å². The lowest BCUT2D eigenvalue weighted by molar-refractivity contribution is -0.121. The zero-order chi connectivity index (χ0) is 27.2. The second-order valence-electron chi connectivity index (χ2n) is 9.89. The molecule has 0 aliphatic heterocycles. The first-order valence-corrected chi connectivity index (χ1v) is 13.1. The zero-order valence-electron chi connectivity index (χ0n) is 21.9. The van der Waals surface area contributed by atoms with Crippen molar-refractivity contribution >= 4 is 16.8 Å². The van der Waals surface area contributed by atoms with Crippen LogP contribution in [0.2, 0.25) is 0 Å². The topological polar surface area (TPSA) is 70.8 Å². The van der Waals surface area contributed by atoms with Crippen LogP contribution in [0.5, 0.6) is 5.75 Å². The van der Waals surface area contributed by atoms with Gasteiger partial charge in [-0.2, -0.15) is 0 Å². The molecular weight excluding hydrogens is 486 g/mol. The number of rotatable bonds is 10. The average Bonchev–Trinajstić information content (AvgIpc) is 2.95. The first-order chi connectivity index (χ1) is 19.0. The standard InChI is InChI=1S/C34H31NO4/c1-24(36)29(23-35(21-25-13-5-2-6-14-25)22-26-15-7-3-8-16-26)31(27-17-9-4-10-18-27)32-33(37)28-19-11-12-20-30(28)39-34(32)38/h2-20,29,31,37H,21-23H2,1H3/t29-,31-/m1/s1. The quantitative estimate of drug-likeness (QED) is 0.213. The summed E-state index contributed by atoms with van der Waals surface area (Å²) in [7, 11) is 0. The lowest BCUT2D eigenvalue weighted by Crippen LogP contribution is -2.37. The van der Waals surface area contributed by atoms with Crippen LogP contribution in [0.3, 0.4) is 0 Å². The minimum absolute atomic E-state index is 0.0677. The molecule has 5 nitrogen and oxygen atoms in total. The van der Waals surface area contributed by atoms with E-state index < -0.39 is 17.5 Å². The molecule has 5 aromatic rings. The molecule has 0 saturated heterocycles. The highest BCUT2D eigenvalue weighted by molar-refractivity contribution is 5.86. The van der Waals surface area contributed by atoms with Gasteiger partial charge in [0.2, 0.25) is 0 Å². The molecule has 0 amide bonds. The molecule has 0 aliphatic rings. The van der Waals surface area contributed by atoms with Crippen molar-refractivity contribution in [1.29, 1.82) is 0 Å². The van der Waals surface area contributed by atoms with Crippen molar-refractivity contribution in [2.75, 3.05) is 6.54 Å². The molecule has 2 atom stereocenters. The lowest BCUT2D eigenvalue weighted by atomic mass is 9.78. The SMILES string of the molecule is CC(=O)[C@@H](CN(Cc1ccccc1)Cc1ccccc1)[C@@H](c1ccccc1)c1c(O)c2ccccc2oc1=O. The fourth-order valence-corrected chi connectivity index (χ4v) is 5.30. The van der Waals surface area contributed by atoms with Gasteiger partial charge in [-0.05, 0) is 35.7 Å². The molecule has 5 rings (SSSR count). The molecule has 1 heterocycles. The molecule has 4 aromatic carbocycles. The number of aromatic hydroxyl groups is 1. The second kappa shape index (κ2) is 11.9. The Labute approximate surface area is 228 Å². The number of Topliss-reactive ketones (excluding diaryl/α,β-unsaturated/α-hetero) is 1. The summed E-state index contributed by atoms with van der Waals surface area (Å²) in [5.41, 5.74) is 2.81. The maximum Gasteiger partial charge on any atom is 0.343 e. The molecular formula is C34H31NO4. The molecule has 5 heteroatoms. The number of carbonyl (C=O) groups excluding carboxylic acids is 1. The van der Waals surface area contributed by atoms with Crippen LogP contribution in [0.4, 0.5) is 0 Å². The van der Waals surface area contributed by atoms with E-state index in [1.165, 1.54) is 0 Å². The van der Waals surface area contributed by atoms with E-state index in [-0.39, 0.29) is 17.1 Å². The van der Waals surface area contributed by atoms with E-state index in [0.717, 1.165) is 16.7 Å². The third-order valence-electron chi connectivity index (χ3n) is 7.17. The summed E-state index contributed by atoms with van der Waals surface area (Å²) in [6, 6.07) is 36.6. The molecule has 0 saturated carbocycles. The summed E-state index contributed by atoms with van der Waals surface area (Å²) < 4.78 is 5.66. The summed E-state index contributed by atoms with van der Waals surface area (Å²) in [4.78, 5) is 29.1. The number of hydrogen-bond donors (Lipinski definition) is 1. The van der Waals surface area contributed by atoms with E-state index in [0.29, 0.717) is 30.6 Å². The first-order valence-electron chi connectivity index (χ1n) is 13.1. The molecule has 0 spiro atoms. The Balaban J connectivity index is 1.61. The molecule has 1 N–H and O–H groups in total. The summed E-state index contributed by atoms with van der Waals surface area (Å²) in [5.74, 6) is -1.52. The normalized spacial score (nSPS) is 12.9. The molecule has 0 fully saturated rings. The number of hydrogen-bond acceptors (Lipinski definition) is 5. The fraction of sp³-hybridized carbons (Fsp3) is 0.176. The van der Waals surface area contributed by atoms with Crippen molar-refractivity contribution in [2.24, 2.45) is 5.92 Å². The second-order valence-corrected chi connectivity index (χ2v) is 9.89. The lowest BCUT2D eigenvalue weighted by Gasteiger charge is -2.32. The average molecular weight is 518 g/mol. The molecule has 196 valence electrons. The smallest absolute Gasteiger partial charge is 0.343 e. The van der Waals surface area contributed by atoms with E-state index in [9.17, 15) is 14.7 Å². The minimum Gasteiger partial charge on any atom is -0.507 e. The molecule has 0 aliphatic carbocycles. The summed E-state index contributed by atoms with van der Waals surface area (Å²) in [5, 5.41) is 11.9. The van der Waals surface area contributed by atoms with Gasteiger partial charge < -0.3 is 9.52 Å². The summed E-state index contributed by atoms with van der Waals surface area (Å²) >= 11 is 0. The van der Waals surface area contributed by atoms with Crippen LogP contribution in [0, 0.1) is 5.92 Å². The van der Waals surface area contributed by atoms with Gasteiger partial charge in [0.05, 0.1) is 10.9 Å². The van der Waals surface area contributed by atoms with Gasteiger partial charge in [-0.1, -0.05) is 103 Å². The van der Waals surface area contributed by atoms with Gasteiger partial charge in [0, 0.05) is 31.5 Å². The van der Waals surface area contributed by atoms with E-state index in [4.69, 9.17) is 4.42 Å². The Morgan fingerprint density at radius 1 is 0.769 bits per heavy atom. The highest BCUT2D eigenvalue weighted by atomic mass is 16.4. The van der Waals surface area contributed by atoms with Crippen LogP contribution in [0.15, 0.2) is 124 Å². The number of nitrogens with zero attached hydrogens (tertiary/aromatic N) is 1. The van der Waals surface area contributed by atoms with Crippen LogP contribution in [-0.4, -0.2) is 22.3 Å². The van der Waals surface area contributed by atoms with Crippen LogP contribution < -0.4 is 5.63 Å². The van der Waals surface area contributed by atoms with Gasteiger partial charge >= 0.3 is 5.63 Å². The van der Waals surface area contributed by atoms with Crippen LogP contribution in [0.25, 0.3) is 11.0 Å². The van der Waals surface area contributed by atoms with E-state index in [1.807, 2.05) is 66.7 Å². The van der Waals surface area contributed by atoms with E-state index >= 15 is 0 Å². The maximum atomic E-state index is 13.4. The number of carbonyl (C=O) groups is 1. The van der Waals surface area contributed by atoms with Crippen LogP contribution >= 0.6 is 0 Å².